The average molecular weight is 278 g/mol. The lowest BCUT2D eigenvalue weighted by molar-refractivity contribution is -0.138. The van der Waals surface area contributed by atoms with E-state index in [4.69, 9.17) is 10.8 Å². The molecule has 0 radical (unpaired) electrons. The van der Waals surface area contributed by atoms with Crippen LogP contribution in [0.3, 0.4) is 0 Å². The van der Waals surface area contributed by atoms with Crippen molar-refractivity contribution in [3.63, 3.8) is 0 Å². The lowest BCUT2D eigenvalue weighted by Gasteiger charge is -2.13. The van der Waals surface area contributed by atoms with Gasteiger partial charge in [0.1, 0.15) is 6.04 Å². The number of benzene rings is 1. The van der Waals surface area contributed by atoms with Gasteiger partial charge < -0.3 is 10.8 Å². The number of carboxylic acids is 1. The predicted octanol–water partition coefficient (Wildman–Crippen LogP) is 2.55. The van der Waals surface area contributed by atoms with E-state index in [1.807, 2.05) is 18.2 Å². The summed E-state index contributed by atoms with van der Waals surface area (Å²) in [7, 11) is 0. The van der Waals surface area contributed by atoms with Crippen molar-refractivity contribution in [2.75, 3.05) is 0 Å². The molecule has 1 atom stereocenters. The fraction of sp³-hybridized carbons (Fsp3) is 0.429. The number of nitrogens with zero attached hydrogens (tertiary/aromatic N) is 1. The van der Waals surface area contributed by atoms with Gasteiger partial charge in [0.2, 0.25) is 0 Å². The molecule has 4 nitrogen and oxygen atoms in total. The molecule has 1 heterocycles. The first-order valence-electron chi connectivity index (χ1n) is 6.16. The SMILES string of the molecule is CC(C)(C)c1nc2c(CC(N)C(=O)O)cccc2s1. The third kappa shape index (κ3) is 2.93. The number of para-hydroxylation sites is 1. The minimum atomic E-state index is -0.983. The van der Waals surface area contributed by atoms with Gasteiger partial charge >= 0.3 is 5.97 Å². The highest BCUT2D eigenvalue weighted by Gasteiger charge is 2.21. The molecule has 0 bridgehead atoms. The summed E-state index contributed by atoms with van der Waals surface area (Å²) >= 11 is 1.65. The van der Waals surface area contributed by atoms with Crippen LogP contribution in [0.1, 0.15) is 31.3 Å². The van der Waals surface area contributed by atoms with Crippen LogP contribution in [-0.2, 0) is 16.6 Å². The zero-order valence-corrected chi connectivity index (χ0v) is 12.1. The molecule has 102 valence electrons. The normalized spacial score (nSPS) is 13.7. The lowest BCUT2D eigenvalue weighted by Crippen LogP contribution is -2.32. The molecule has 1 aromatic heterocycles. The highest BCUT2D eigenvalue weighted by atomic mass is 32.1. The number of fused-ring (bicyclic) bond motifs is 1. The van der Waals surface area contributed by atoms with Crippen LogP contribution >= 0.6 is 11.3 Å². The molecule has 0 saturated carbocycles. The number of carboxylic acid groups (broad SMARTS) is 1. The van der Waals surface area contributed by atoms with Gasteiger partial charge in [-0.15, -0.1) is 11.3 Å². The molecule has 0 saturated heterocycles. The number of aromatic nitrogens is 1. The largest absolute Gasteiger partial charge is 0.480 e. The summed E-state index contributed by atoms with van der Waals surface area (Å²) in [5, 5.41) is 9.96. The Hall–Kier alpha value is -1.46. The smallest absolute Gasteiger partial charge is 0.320 e. The van der Waals surface area contributed by atoms with Gasteiger partial charge in [-0.1, -0.05) is 32.9 Å². The molecule has 2 rings (SSSR count). The molecular formula is C14H18N2O2S. The van der Waals surface area contributed by atoms with E-state index in [-0.39, 0.29) is 5.41 Å². The average Bonchev–Trinajstić information content (AvgIpc) is 2.73. The number of rotatable bonds is 3. The van der Waals surface area contributed by atoms with Crippen molar-refractivity contribution in [2.45, 2.75) is 38.6 Å². The third-order valence-corrected chi connectivity index (χ3v) is 4.35. The molecule has 3 N–H and O–H groups in total. The Morgan fingerprint density at radius 3 is 2.74 bits per heavy atom. The molecule has 2 aromatic rings. The van der Waals surface area contributed by atoms with Gasteiger partial charge in [0.05, 0.1) is 15.2 Å². The maximum Gasteiger partial charge on any atom is 0.320 e. The molecule has 0 aliphatic rings. The summed E-state index contributed by atoms with van der Waals surface area (Å²) in [6.07, 6.45) is 0.306. The first-order chi connectivity index (χ1) is 8.79. The van der Waals surface area contributed by atoms with Crippen LogP contribution in [0.4, 0.5) is 0 Å². The van der Waals surface area contributed by atoms with Gasteiger partial charge in [-0.3, -0.25) is 4.79 Å². The number of thiazole rings is 1. The van der Waals surface area contributed by atoms with Crippen molar-refractivity contribution in [1.29, 1.82) is 0 Å². The van der Waals surface area contributed by atoms with Crippen LogP contribution in [0, 0.1) is 0 Å². The first-order valence-corrected chi connectivity index (χ1v) is 6.98. The topological polar surface area (TPSA) is 76.2 Å². The van der Waals surface area contributed by atoms with E-state index in [0.29, 0.717) is 6.42 Å². The van der Waals surface area contributed by atoms with E-state index in [2.05, 4.69) is 25.8 Å². The molecule has 0 amide bonds. The monoisotopic (exact) mass is 278 g/mol. The summed E-state index contributed by atoms with van der Waals surface area (Å²) in [6.45, 7) is 6.36. The predicted molar refractivity (Wildman–Crippen MR) is 77.6 cm³/mol. The Labute approximate surface area is 116 Å². The number of nitrogens with two attached hydrogens (primary N) is 1. The fourth-order valence-corrected chi connectivity index (χ4v) is 2.89. The maximum absolute atomic E-state index is 10.9. The van der Waals surface area contributed by atoms with Crippen molar-refractivity contribution in [3.8, 4) is 0 Å². The van der Waals surface area contributed by atoms with E-state index in [0.717, 1.165) is 20.8 Å². The molecule has 19 heavy (non-hydrogen) atoms. The van der Waals surface area contributed by atoms with Crippen LogP contribution in [0.5, 0.6) is 0 Å². The summed E-state index contributed by atoms with van der Waals surface area (Å²) in [4.78, 5) is 15.5. The molecule has 0 aliphatic heterocycles. The Balaban J connectivity index is 2.45. The number of aliphatic carboxylic acids is 1. The van der Waals surface area contributed by atoms with Crippen molar-refractivity contribution >= 4 is 27.5 Å². The van der Waals surface area contributed by atoms with Gasteiger partial charge in [0.25, 0.3) is 0 Å². The second-order valence-electron chi connectivity index (χ2n) is 5.68. The lowest BCUT2D eigenvalue weighted by atomic mass is 9.98. The summed E-state index contributed by atoms with van der Waals surface area (Å²) < 4.78 is 1.08. The highest BCUT2D eigenvalue weighted by molar-refractivity contribution is 7.18. The minimum Gasteiger partial charge on any atom is -0.480 e. The van der Waals surface area contributed by atoms with E-state index in [1.165, 1.54) is 0 Å². The van der Waals surface area contributed by atoms with Gasteiger partial charge in [-0.2, -0.15) is 0 Å². The minimum absolute atomic E-state index is 0.00410. The Morgan fingerprint density at radius 2 is 2.16 bits per heavy atom. The maximum atomic E-state index is 10.9. The Morgan fingerprint density at radius 1 is 1.47 bits per heavy atom. The van der Waals surface area contributed by atoms with Gasteiger partial charge in [0, 0.05) is 11.8 Å². The zero-order chi connectivity index (χ0) is 14.2. The molecule has 0 spiro atoms. The van der Waals surface area contributed by atoms with Crippen LogP contribution in [0.15, 0.2) is 18.2 Å². The summed E-state index contributed by atoms with van der Waals surface area (Å²) in [5.74, 6) is -0.983. The van der Waals surface area contributed by atoms with Gasteiger partial charge in [-0.05, 0) is 11.6 Å². The third-order valence-electron chi connectivity index (χ3n) is 2.90. The molecule has 1 aromatic carbocycles. The number of hydrogen-bond donors (Lipinski definition) is 2. The highest BCUT2D eigenvalue weighted by Crippen LogP contribution is 2.32. The fourth-order valence-electron chi connectivity index (χ4n) is 1.82. The molecule has 5 heteroatoms. The van der Waals surface area contributed by atoms with Crippen LogP contribution in [-0.4, -0.2) is 22.1 Å². The molecule has 0 aliphatic carbocycles. The molecule has 0 fully saturated rings. The molecule has 1 unspecified atom stereocenters. The summed E-state index contributed by atoms with van der Waals surface area (Å²) in [5.41, 5.74) is 7.39. The van der Waals surface area contributed by atoms with Crippen LogP contribution < -0.4 is 5.73 Å². The van der Waals surface area contributed by atoms with E-state index in [9.17, 15) is 4.79 Å². The summed E-state index contributed by atoms with van der Waals surface area (Å²) in [6, 6.07) is 4.96. The van der Waals surface area contributed by atoms with Gasteiger partial charge in [0.15, 0.2) is 0 Å². The second kappa shape index (κ2) is 4.90. The second-order valence-corrected chi connectivity index (χ2v) is 6.71. The van der Waals surface area contributed by atoms with E-state index >= 15 is 0 Å². The Bertz CT molecular complexity index is 613. The Kier molecular flexibility index (Phi) is 3.60. The van der Waals surface area contributed by atoms with E-state index in [1.54, 1.807) is 11.3 Å². The zero-order valence-electron chi connectivity index (χ0n) is 11.3. The van der Waals surface area contributed by atoms with Crippen molar-refractivity contribution in [3.05, 3.63) is 28.8 Å². The van der Waals surface area contributed by atoms with Crippen LogP contribution in [0.2, 0.25) is 0 Å². The van der Waals surface area contributed by atoms with Gasteiger partial charge in [-0.25, -0.2) is 4.98 Å². The standard InChI is InChI=1S/C14H18N2O2S/c1-14(2,3)13-16-11-8(7-9(15)12(17)18)5-4-6-10(11)19-13/h4-6,9H,7,15H2,1-3H3,(H,17,18). The first kappa shape index (κ1) is 14.0. The quantitative estimate of drug-likeness (QED) is 0.904. The molecular weight excluding hydrogens is 260 g/mol. The van der Waals surface area contributed by atoms with Crippen molar-refractivity contribution in [2.24, 2.45) is 5.73 Å². The van der Waals surface area contributed by atoms with Crippen molar-refractivity contribution < 1.29 is 9.90 Å². The number of carbonyl (C=O) groups is 1. The van der Waals surface area contributed by atoms with Crippen molar-refractivity contribution in [1.82, 2.24) is 4.98 Å². The van der Waals surface area contributed by atoms with E-state index < -0.39 is 12.0 Å². The number of hydrogen-bond acceptors (Lipinski definition) is 4. The van der Waals surface area contributed by atoms with Crippen LogP contribution in [0.25, 0.3) is 10.2 Å².